The normalized spacial score (nSPS) is 14.3. The molecule has 23 heavy (non-hydrogen) atoms. The van der Waals surface area contributed by atoms with Crippen LogP contribution < -0.4 is 0 Å². The number of carbonyl (C=O) groups is 1. The Morgan fingerprint density at radius 1 is 1.17 bits per heavy atom. The third kappa shape index (κ3) is 3.25. The first-order chi connectivity index (χ1) is 10.9. The maximum atomic E-state index is 12.4. The minimum atomic E-state index is -0.871. The smallest absolute Gasteiger partial charge is 0.314 e. The van der Waals surface area contributed by atoms with Crippen LogP contribution in [0.4, 0.5) is 0 Å². The lowest BCUT2D eigenvalue weighted by Crippen LogP contribution is -2.43. The fourth-order valence-corrected chi connectivity index (χ4v) is 3.34. The average Bonchev–Trinajstić information content (AvgIpc) is 2.54. The van der Waals surface area contributed by atoms with E-state index < -0.39 is 11.4 Å². The van der Waals surface area contributed by atoms with Crippen molar-refractivity contribution in [1.82, 2.24) is 4.90 Å². The third-order valence-corrected chi connectivity index (χ3v) is 5.07. The van der Waals surface area contributed by atoms with Crippen molar-refractivity contribution in [1.29, 1.82) is 0 Å². The summed E-state index contributed by atoms with van der Waals surface area (Å²) in [6, 6.07) is 14.1. The Morgan fingerprint density at radius 3 is 2.43 bits per heavy atom. The standard InChI is InChI=1S/C20H27NO2/c1-5-21(4)14-13-20(15(2)3,19(22)23)18-12-8-10-16-9-6-7-11-17(16)18/h6-12,15H,5,13-14H2,1-4H3,(H,22,23). The molecule has 0 aromatic heterocycles. The molecule has 1 unspecified atom stereocenters. The minimum Gasteiger partial charge on any atom is -0.481 e. The van der Waals surface area contributed by atoms with Crippen LogP contribution in [-0.2, 0) is 10.2 Å². The predicted octanol–water partition coefficient (Wildman–Crippen LogP) is 4.16. The van der Waals surface area contributed by atoms with Gasteiger partial charge in [-0.3, -0.25) is 4.79 Å². The number of rotatable bonds is 7. The van der Waals surface area contributed by atoms with Crippen LogP contribution in [0.5, 0.6) is 0 Å². The molecule has 0 spiro atoms. The highest BCUT2D eigenvalue weighted by molar-refractivity contribution is 5.93. The zero-order chi connectivity index (χ0) is 17.0. The van der Waals surface area contributed by atoms with Crippen molar-refractivity contribution < 1.29 is 9.90 Å². The Bertz CT molecular complexity index is 675. The first kappa shape index (κ1) is 17.5. The number of benzene rings is 2. The van der Waals surface area contributed by atoms with Crippen molar-refractivity contribution in [3.8, 4) is 0 Å². The van der Waals surface area contributed by atoms with E-state index in [1.807, 2.05) is 63.4 Å². The molecule has 0 fully saturated rings. The van der Waals surface area contributed by atoms with Gasteiger partial charge in [0.15, 0.2) is 0 Å². The summed E-state index contributed by atoms with van der Waals surface area (Å²) in [5.41, 5.74) is 0.0622. The van der Waals surface area contributed by atoms with E-state index in [0.717, 1.165) is 29.4 Å². The number of hydrogen-bond donors (Lipinski definition) is 1. The molecule has 0 saturated heterocycles. The van der Waals surface area contributed by atoms with E-state index in [-0.39, 0.29) is 5.92 Å². The molecule has 0 amide bonds. The zero-order valence-electron chi connectivity index (χ0n) is 14.5. The van der Waals surface area contributed by atoms with E-state index in [2.05, 4.69) is 11.8 Å². The second-order valence-electron chi connectivity index (χ2n) is 6.60. The van der Waals surface area contributed by atoms with Crippen LogP contribution in [-0.4, -0.2) is 36.1 Å². The van der Waals surface area contributed by atoms with Crippen molar-refractivity contribution >= 4 is 16.7 Å². The zero-order valence-corrected chi connectivity index (χ0v) is 14.5. The van der Waals surface area contributed by atoms with E-state index in [9.17, 15) is 9.90 Å². The van der Waals surface area contributed by atoms with Crippen LogP contribution in [0.15, 0.2) is 42.5 Å². The summed E-state index contributed by atoms with van der Waals surface area (Å²) in [4.78, 5) is 14.6. The fourth-order valence-electron chi connectivity index (χ4n) is 3.34. The molecule has 2 aromatic carbocycles. The summed E-state index contributed by atoms with van der Waals surface area (Å²) < 4.78 is 0. The summed E-state index contributed by atoms with van der Waals surface area (Å²) in [5, 5.41) is 12.3. The van der Waals surface area contributed by atoms with Gasteiger partial charge in [0.2, 0.25) is 0 Å². The monoisotopic (exact) mass is 313 g/mol. The molecular weight excluding hydrogens is 286 g/mol. The molecule has 3 nitrogen and oxygen atoms in total. The van der Waals surface area contributed by atoms with Gasteiger partial charge in [0, 0.05) is 0 Å². The Balaban J connectivity index is 2.62. The molecule has 0 saturated carbocycles. The molecule has 2 aromatic rings. The van der Waals surface area contributed by atoms with Crippen LogP contribution in [0, 0.1) is 5.92 Å². The number of carboxylic acids is 1. The molecule has 0 aliphatic carbocycles. The van der Waals surface area contributed by atoms with Crippen LogP contribution in [0.2, 0.25) is 0 Å². The molecule has 0 aliphatic rings. The third-order valence-electron chi connectivity index (χ3n) is 5.07. The lowest BCUT2D eigenvalue weighted by Gasteiger charge is -2.36. The average molecular weight is 313 g/mol. The van der Waals surface area contributed by atoms with Crippen molar-refractivity contribution in [3.05, 3.63) is 48.0 Å². The van der Waals surface area contributed by atoms with Gasteiger partial charge in [-0.15, -0.1) is 0 Å². The lowest BCUT2D eigenvalue weighted by molar-refractivity contribution is -0.146. The Labute approximate surface area is 138 Å². The molecule has 124 valence electrons. The van der Waals surface area contributed by atoms with Gasteiger partial charge in [-0.25, -0.2) is 0 Å². The summed E-state index contributed by atoms with van der Waals surface area (Å²) in [7, 11) is 2.04. The van der Waals surface area contributed by atoms with Crippen LogP contribution in [0.3, 0.4) is 0 Å². The van der Waals surface area contributed by atoms with Gasteiger partial charge >= 0.3 is 5.97 Å². The SMILES string of the molecule is CCN(C)CCC(C(=O)O)(c1cccc2ccccc12)C(C)C. The predicted molar refractivity (Wildman–Crippen MR) is 95.9 cm³/mol. The summed E-state index contributed by atoms with van der Waals surface area (Å²) in [5.74, 6) is -0.718. The van der Waals surface area contributed by atoms with Gasteiger partial charge in [0.05, 0.1) is 5.41 Å². The number of carboxylic acid groups (broad SMARTS) is 1. The second kappa shape index (κ2) is 7.14. The van der Waals surface area contributed by atoms with Gasteiger partial charge < -0.3 is 10.0 Å². The molecule has 0 aliphatic heterocycles. The second-order valence-corrected chi connectivity index (χ2v) is 6.60. The van der Waals surface area contributed by atoms with Gasteiger partial charge in [0.25, 0.3) is 0 Å². The maximum absolute atomic E-state index is 12.4. The first-order valence-corrected chi connectivity index (χ1v) is 8.33. The molecule has 1 atom stereocenters. The molecular formula is C20H27NO2. The number of nitrogens with zero attached hydrogens (tertiary/aromatic N) is 1. The Morgan fingerprint density at radius 2 is 1.83 bits per heavy atom. The molecule has 0 bridgehead atoms. The van der Waals surface area contributed by atoms with Crippen LogP contribution in [0.25, 0.3) is 10.8 Å². The van der Waals surface area contributed by atoms with Gasteiger partial charge in [-0.2, -0.15) is 0 Å². The van der Waals surface area contributed by atoms with Gasteiger partial charge in [-0.05, 0) is 48.8 Å². The van der Waals surface area contributed by atoms with E-state index in [4.69, 9.17) is 0 Å². The van der Waals surface area contributed by atoms with Crippen LogP contribution in [0.1, 0.15) is 32.8 Å². The highest BCUT2D eigenvalue weighted by Gasteiger charge is 2.44. The number of aliphatic carboxylic acids is 1. The van der Waals surface area contributed by atoms with Crippen molar-refractivity contribution in [2.75, 3.05) is 20.1 Å². The minimum absolute atomic E-state index is 0.0102. The Kier molecular flexibility index (Phi) is 5.42. The van der Waals surface area contributed by atoms with E-state index >= 15 is 0 Å². The topological polar surface area (TPSA) is 40.5 Å². The van der Waals surface area contributed by atoms with Crippen molar-refractivity contribution in [2.24, 2.45) is 5.92 Å². The molecule has 0 heterocycles. The van der Waals surface area contributed by atoms with Crippen molar-refractivity contribution in [3.63, 3.8) is 0 Å². The molecule has 3 heteroatoms. The summed E-state index contributed by atoms with van der Waals surface area (Å²) >= 11 is 0. The molecule has 0 radical (unpaired) electrons. The number of fused-ring (bicyclic) bond motifs is 1. The van der Waals surface area contributed by atoms with E-state index in [0.29, 0.717) is 6.42 Å². The van der Waals surface area contributed by atoms with Crippen molar-refractivity contribution in [2.45, 2.75) is 32.6 Å². The van der Waals surface area contributed by atoms with Gasteiger partial charge in [0.1, 0.15) is 0 Å². The summed E-state index contributed by atoms with van der Waals surface area (Å²) in [6.07, 6.45) is 0.609. The quantitative estimate of drug-likeness (QED) is 0.834. The highest BCUT2D eigenvalue weighted by atomic mass is 16.4. The Hall–Kier alpha value is -1.87. The fraction of sp³-hybridized carbons (Fsp3) is 0.450. The van der Waals surface area contributed by atoms with Gasteiger partial charge in [-0.1, -0.05) is 63.2 Å². The highest BCUT2D eigenvalue weighted by Crippen LogP contribution is 2.40. The summed E-state index contributed by atoms with van der Waals surface area (Å²) in [6.45, 7) is 7.81. The first-order valence-electron chi connectivity index (χ1n) is 8.33. The molecule has 2 rings (SSSR count). The van der Waals surface area contributed by atoms with Crippen LogP contribution >= 0.6 is 0 Å². The molecule has 1 N–H and O–H groups in total. The maximum Gasteiger partial charge on any atom is 0.314 e. The number of hydrogen-bond acceptors (Lipinski definition) is 2. The largest absolute Gasteiger partial charge is 0.481 e. The lowest BCUT2D eigenvalue weighted by atomic mass is 9.68. The van der Waals surface area contributed by atoms with E-state index in [1.54, 1.807) is 0 Å². The van der Waals surface area contributed by atoms with E-state index in [1.165, 1.54) is 0 Å².